The van der Waals surface area contributed by atoms with Crippen molar-refractivity contribution in [3.8, 4) is 0 Å². The second-order valence-corrected chi connectivity index (χ2v) is 0.401. The summed E-state index contributed by atoms with van der Waals surface area (Å²) in [5, 5.41) is 3.83. The van der Waals surface area contributed by atoms with Crippen molar-refractivity contribution in [3.63, 3.8) is 0 Å². The van der Waals surface area contributed by atoms with Crippen LogP contribution >= 0.6 is 0 Å². The van der Waals surface area contributed by atoms with Gasteiger partial charge in [-0.1, -0.05) is 5.04 Å². The van der Waals surface area contributed by atoms with Crippen LogP contribution in [0.2, 0.25) is 0 Å². The second-order valence-electron chi connectivity index (χ2n) is 0.401. The molecule has 34 valence electrons. The zero-order chi connectivity index (χ0) is 4.12. The van der Waals surface area contributed by atoms with Crippen LogP contribution in [0.1, 0.15) is 0 Å². The van der Waals surface area contributed by atoms with E-state index in [1.807, 2.05) is 0 Å². The summed E-state index contributed by atoms with van der Waals surface area (Å²) >= 11 is 0. The molecule has 0 aliphatic rings. The molecule has 4 heteroatoms. The van der Waals surface area contributed by atoms with Crippen LogP contribution in [0.5, 0.6) is 0 Å². The van der Waals surface area contributed by atoms with Gasteiger partial charge in [-0.2, -0.15) is 0 Å². The zero-order valence-corrected chi connectivity index (χ0v) is 8.37. The van der Waals surface area contributed by atoms with Crippen LogP contribution in [0.25, 0.3) is 0 Å². The molecule has 0 spiro atoms. The van der Waals surface area contributed by atoms with E-state index in [4.69, 9.17) is 0 Å². The Morgan fingerprint density at radius 1 is 1.00 bits per heavy atom. The van der Waals surface area contributed by atoms with E-state index < -0.39 is 0 Å². The van der Waals surface area contributed by atoms with Crippen LogP contribution in [-0.2, 0) is 14.8 Å². The molecule has 0 rings (SSSR count). The first-order valence-electron chi connectivity index (χ1n) is 1.15. The summed E-state index contributed by atoms with van der Waals surface area (Å²) in [5.74, 6) is 0. The summed E-state index contributed by atoms with van der Waals surface area (Å²) in [7, 11) is 2.73. The maximum Gasteiger partial charge on any atom is 0.0744 e. The average Bonchev–Trinajstić information content (AvgIpc) is 1.41. The summed E-state index contributed by atoms with van der Waals surface area (Å²) in [6.07, 6.45) is 0. The molecule has 2 radical (unpaired) electrons. The molecule has 0 aromatic rings. The number of hydrogen-bond acceptors (Lipinski definition) is 3. The Bertz CT molecular complexity index is 16.3. The average molecular weight is 215 g/mol. The smallest absolute Gasteiger partial charge is 0.0744 e. The van der Waals surface area contributed by atoms with Gasteiger partial charge in [0.2, 0.25) is 0 Å². The Kier molecular flexibility index (Phi) is 16.8. The maximum absolute atomic E-state index is 3.97. The first kappa shape index (κ1) is 10.4. The van der Waals surface area contributed by atoms with E-state index in [0.717, 1.165) is 0 Å². The van der Waals surface area contributed by atoms with Gasteiger partial charge in [0.05, 0.1) is 14.2 Å². The van der Waals surface area contributed by atoms with E-state index in [2.05, 4.69) is 14.8 Å². The van der Waals surface area contributed by atoms with Crippen molar-refractivity contribution in [2.45, 2.75) is 0 Å². The van der Waals surface area contributed by atoms with Crippen molar-refractivity contribution in [3.05, 3.63) is 0 Å². The van der Waals surface area contributed by atoms with Crippen LogP contribution < -0.4 is 0 Å². The van der Waals surface area contributed by atoms with Gasteiger partial charge in [0.1, 0.15) is 0 Å². The topological polar surface area (TPSA) is 27.7 Å². The quantitative estimate of drug-likeness (QED) is 0.361. The van der Waals surface area contributed by atoms with Gasteiger partial charge in [-0.05, 0) is 0 Å². The van der Waals surface area contributed by atoms with Gasteiger partial charge in [-0.25, -0.2) is 9.78 Å². The molecule has 0 aromatic heterocycles. The van der Waals surface area contributed by atoms with E-state index >= 15 is 0 Å². The fraction of sp³-hybridized carbons (Fsp3) is 1.00. The Labute approximate surface area is 76.9 Å². The van der Waals surface area contributed by atoms with Gasteiger partial charge in [0, 0.05) is 48.9 Å². The van der Waals surface area contributed by atoms with Crippen LogP contribution in [0.3, 0.4) is 0 Å². The van der Waals surface area contributed by atoms with Crippen molar-refractivity contribution in [2.24, 2.45) is 0 Å². The third kappa shape index (κ3) is 9.07. The number of rotatable bonds is 2. The van der Waals surface area contributed by atoms with Crippen molar-refractivity contribution >= 4 is 48.9 Å². The standard InChI is InChI=1S/C2H6O3.Ba/c1-3-5-4-2;/h1-2H3;. The predicted molar refractivity (Wildman–Crippen MR) is 20.9 cm³/mol. The third-order valence-corrected chi connectivity index (χ3v) is 0.136. The summed E-state index contributed by atoms with van der Waals surface area (Å²) in [5.41, 5.74) is 0. The molecule has 0 heterocycles. The predicted octanol–water partition coefficient (Wildman–Crippen LogP) is -0.255. The normalized spacial score (nSPS) is 7.00. The Morgan fingerprint density at radius 3 is 1.33 bits per heavy atom. The fourth-order valence-corrected chi connectivity index (χ4v) is 0.0680. The van der Waals surface area contributed by atoms with E-state index in [1.54, 1.807) is 0 Å². The minimum absolute atomic E-state index is 0. The zero-order valence-electron chi connectivity index (χ0n) is 3.93. The maximum atomic E-state index is 3.97. The molecular weight excluding hydrogens is 209 g/mol. The number of hydrogen-bond donors (Lipinski definition) is 0. The van der Waals surface area contributed by atoms with Crippen molar-refractivity contribution in [1.82, 2.24) is 0 Å². The molecule has 0 N–H and O–H groups in total. The summed E-state index contributed by atoms with van der Waals surface area (Å²) in [6, 6.07) is 0. The summed E-state index contributed by atoms with van der Waals surface area (Å²) in [6.45, 7) is 0. The molecule has 0 bridgehead atoms. The molecule has 3 nitrogen and oxygen atoms in total. The minimum Gasteiger partial charge on any atom is -0.210 e. The summed E-state index contributed by atoms with van der Waals surface area (Å²) < 4.78 is 0. The molecule has 0 atom stereocenters. The molecule has 0 aliphatic heterocycles. The first-order chi connectivity index (χ1) is 2.41. The molecule has 0 saturated heterocycles. The largest absolute Gasteiger partial charge is 0.210 e. The van der Waals surface area contributed by atoms with Crippen LogP contribution in [0.4, 0.5) is 0 Å². The molecule has 0 amide bonds. The SMILES string of the molecule is COOOC.[Ba]. The molecule has 0 unspecified atom stereocenters. The molecule has 6 heavy (non-hydrogen) atoms. The second kappa shape index (κ2) is 9.68. The van der Waals surface area contributed by atoms with E-state index in [-0.39, 0.29) is 48.9 Å². The van der Waals surface area contributed by atoms with Gasteiger partial charge >= 0.3 is 0 Å². The Morgan fingerprint density at radius 2 is 1.33 bits per heavy atom. The summed E-state index contributed by atoms with van der Waals surface area (Å²) in [4.78, 5) is 7.94. The molecule has 0 saturated carbocycles. The third-order valence-electron chi connectivity index (χ3n) is 0.136. The van der Waals surface area contributed by atoms with Crippen LogP contribution in [-0.4, -0.2) is 63.1 Å². The molecular formula is C2H6BaO3. The molecule has 0 aliphatic carbocycles. The van der Waals surface area contributed by atoms with E-state index in [0.29, 0.717) is 0 Å². The van der Waals surface area contributed by atoms with Gasteiger partial charge in [-0.3, -0.25) is 0 Å². The minimum atomic E-state index is 0. The van der Waals surface area contributed by atoms with Crippen molar-refractivity contribution in [2.75, 3.05) is 14.2 Å². The first-order valence-corrected chi connectivity index (χ1v) is 1.15. The van der Waals surface area contributed by atoms with Gasteiger partial charge in [0.15, 0.2) is 0 Å². The van der Waals surface area contributed by atoms with Gasteiger partial charge < -0.3 is 0 Å². The van der Waals surface area contributed by atoms with Gasteiger partial charge in [-0.15, -0.1) is 0 Å². The monoisotopic (exact) mass is 216 g/mol. The molecule has 0 fully saturated rings. The molecule has 0 aromatic carbocycles. The Hall–Kier alpha value is 1.45. The van der Waals surface area contributed by atoms with E-state index in [1.165, 1.54) is 14.2 Å². The van der Waals surface area contributed by atoms with Crippen molar-refractivity contribution < 1.29 is 14.8 Å². The Balaban J connectivity index is 0. The van der Waals surface area contributed by atoms with Crippen molar-refractivity contribution in [1.29, 1.82) is 0 Å². The fourth-order valence-electron chi connectivity index (χ4n) is 0.0680. The van der Waals surface area contributed by atoms with Crippen LogP contribution in [0, 0.1) is 0 Å². The van der Waals surface area contributed by atoms with Gasteiger partial charge in [0.25, 0.3) is 0 Å². The van der Waals surface area contributed by atoms with Crippen LogP contribution in [0.15, 0.2) is 0 Å². The van der Waals surface area contributed by atoms with E-state index in [9.17, 15) is 0 Å².